The molecule has 2 rings (SSSR count). The maximum absolute atomic E-state index is 13.1. The van der Waals surface area contributed by atoms with Crippen LogP contribution in [0.5, 0.6) is 5.75 Å². The van der Waals surface area contributed by atoms with E-state index in [1.807, 2.05) is 0 Å². The maximum atomic E-state index is 13.1. The number of carbonyl (C=O) groups is 1. The topological polar surface area (TPSA) is 58.6 Å². The maximum Gasteiger partial charge on any atom is 0.387 e. The van der Waals surface area contributed by atoms with Crippen molar-refractivity contribution < 1.29 is 27.8 Å². The molecule has 0 bridgehead atoms. The van der Waals surface area contributed by atoms with Crippen LogP contribution in [0, 0.1) is 11.7 Å². The summed E-state index contributed by atoms with van der Waals surface area (Å²) in [6.45, 7) is -2.90. The van der Waals surface area contributed by atoms with E-state index in [1.54, 1.807) is 0 Å². The van der Waals surface area contributed by atoms with E-state index in [0.29, 0.717) is 6.42 Å². The minimum atomic E-state index is -3.14. The first-order chi connectivity index (χ1) is 9.97. The summed E-state index contributed by atoms with van der Waals surface area (Å²) in [6, 6.07) is 2.83. The molecular weight excluding hydrogens is 287 g/mol. The standard InChI is InChI=1S/C14H16F3NO3/c15-9-4-5-10(12(6-9)21-14(16)17)13(20)18-7-8-2-1-3-11(8)19/h4-6,8,11,14,19H,1-3,7H2,(H,18,20). The molecule has 2 unspecified atom stereocenters. The van der Waals surface area contributed by atoms with Gasteiger partial charge in [0, 0.05) is 18.5 Å². The van der Waals surface area contributed by atoms with E-state index in [9.17, 15) is 23.1 Å². The summed E-state index contributed by atoms with van der Waals surface area (Å²) in [5, 5.41) is 12.2. The van der Waals surface area contributed by atoms with Crippen LogP contribution in [-0.4, -0.2) is 30.3 Å². The van der Waals surface area contributed by atoms with E-state index in [1.165, 1.54) is 0 Å². The molecule has 1 saturated carbocycles. The van der Waals surface area contributed by atoms with Crippen molar-refractivity contribution in [1.29, 1.82) is 0 Å². The van der Waals surface area contributed by atoms with Gasteiger partial charge in [0.25, 0.3) is 5.91 Å². The van der Waals surface area contributed by atoms with E-state index in [-0.39, 0.29) is 18.0 Å². The normalized spacial score (nSPS) is 21.6. The van der Waals surface area contributed by atoms with Crippen LogP contribution in [0.25, 0.3) is 0 Å². The molecule has 1 aliphatic carbocycles. The number of benzene rings is 1. The number of halogens is 3. The molecule has 0 aromatic heterocycles. The first-order valence-corrected chi connectivity index (χ1v) is 6.68. The Morgan fingerprint density at radius 2 is 2.19 bits per heavy atom. The summed E-state index contributed by atoms with van der Waals surface area (Å²) in [4.78, 5) is 12.0. The second-order valence-corrected chi connectivity index (χ2v) is 4.99. The molecule has 1 fully saturated rings. The molecule has 7 heteroatoms. The Bertz CT molecular complexity index is 510. The third-order valence-electron chi connectivity index (χ3n) is 3.55. The summed E-state index contributed by atoms with van der Waals surface area (Å²) in [7, 11) is 0. The number of carbonyl (C=O) groups excluding carboxylic acids is 1. The van der Waals surface area contributed by atoms with E-state index < -0.39 is 30.2 Å². The van der Waals surface area contributed by atoms with Crippen molar-refractivity contribution in [2.24, 2.45) is 5.92 Å². The van der Waals surface area contributed by atoms with Crippen molar-refractivity contribution in [2.45, 2.75) is 32.0 Å². The highest BCUT2D eigenvalue weighted by Gasteiger charge is 2.26. The fraction of sp³-hybridized carbons (Fsp3) is 0.500. The van der Waals surface area contributed by atoms with Gasteiger partial charge in [-0.15, -0.1) is 0 Å². The van der Waals surface area contributed by atoms with E-state index in [2.05, 4.69) is 10.1 Å². The fourth-order valence-electron chi connectivity index (χ4n) is 2.45. The van der Waals surface area contributed by atoms with E-state index in [4.69, 9.17) is 0 Å². The Balaban J connectivity index is 2.04. The van der Waals surface area contributed by atoms with E-state index in [0.717, 1.165) is 31.0 Å². The number of aliphatic hydroxyl groups is 1. The molecule has 0 spiro atoms. The monoisotopic (exact) mass is 303 g/mol. The largest absolute Gasteiger partial charge is 0.434 e. The lowest BCUT2D eigenvalue weighted by Gasteiger charge is -2.16. The fourth-order valence-corrected chi connectivity index (χ4v) is 2.45. The van der Waals surface area contributed by atoms with Gasteiger partial charge < -0.3 is 15.2 Å². The van der Waals surface area contributed by atoms with Crippen LogP contribution in [0.4, 0.5) is 13.2 Å². The van der Waals surface area contributed by atoms with Crippen LogP contribution in [-0.2, 0) is 0 Å². The molecule has 0 aliphatic heterocycles. The van der Waals surface area contributed by atoms with Gasteiger partial charge in [-0.2, -0.15) is 8.78 Å². The van der Waals surface area contributed by atoms with Gasteiger partial charge in [0.05, 0.1) is 11.7 Å². The second kappa shape index (κ2) is 6.80. The molecule has 1 amide bonds. The molecule has 1 aromatic carbocycles. The van der Waals surface area contributed by atoms with Crippen molar-refractivity contribution in [3.63, 3.8) is 0 Å². The van der Waals surface area contributed by atoms with Gasteiger partial charge in [-0.25, -0.2) is 4.39 Å². The van der Waals surface area contributed by atoms with Gasteiger partial charge in [0.15, 0.2) is 0 Å². The molecule has 1 aromatic rings. The Morgan fingerprint density at radius 1 is 1.43 bits per heavy atom. The molecular formula is C14H16F3NO3. The molecule has 0 radical (unpaired) electrons. The smallest absolute Gasteiger partial charge is 0.387 e. The van der Waals surface area contributed by atoms with Crippen molar-refractivity contribution >= 4 is 5.91 Å². The molecule has 116 valence electrons. The third kappa shape index (κ3) is 4.10. The Morgan fingerprint density at radius 3 is 2.81 bits per heavy atom. The predicted molar refractivity (Wildman–Crippen MR) is 68.7 cm³/mol. The quantitative estimate of drug-likeness (QED) is 0.877. The highest BCUT2D eigenvalue weighted by molar-refractivity contribution is 5.96. The molecule has 1 aliphatic rings. The van der Waals surface area contributed by atoms with Gasteiger partial charge in [0.1, 0.15) is 11.6 Å². The second-order valence-electron chi connectivity index (χ2n) is 4.99. The summed E-state index contributed by atoms with van der Waals surface area (Å²) in [5.41, 5.74) is -0.163. The SMILES string of the molecule is O=C(NCC1CCCC1O)c1ccc(F)cc1OC(F)F. The summed E-state index contributed by atoms with van der Waals surface area (Å²) < 4.78 is 41.7. The summed E-state index contributed by atoms with van der Waals surface area (Å²) >= 11 is 0. The highest BCUT2D eigenvalue weighted by Crippen LogP contribution is 2.25. The van der Waals surface area contributed by atoms with Crippen molar-refractivity contribution in [3.05, 3.63) is 29.6 Å². The van der Waals surface area contributed by atoms with Crippen LogP contribution in [0.15, 0.2) is 18.2 Å². The zero-order valence-electron chi connectivity index (χ0n) is 11.2. The van der Waals surface area contributed by atoms with Crippen molar-refractivity contribution in [1.82, 2.24) is 5.32 Å². The van der Waals surface area contributed by atoms with Gasteiger partial charge in [-0.05, 0) is 25.0 Å². The van der Waals surface area contributed by atoms with Gasteiger partial charge in [-0.1, -0.05) is 6.42 Å². The number of rotatable bonds is 5. The molecule has 0 saturated heterocycles. The highest BCUT2D eigenvalue weighted by atomic mass is 19.3. The minimum absolute atomic E-state index is 0.0473. The minimum Gasteiger partial charge on any atom is -0.434 e. The average molecular weight is 303 g/mol. The van der Waals surface area contributed by atoms with Crippen LogP contribution in [0.2, 0.25) is 0 Å². The van der Waals surface area contributed by atoms with Crippen LogP contribution in [0.3, 0.4) is 0 Å². The number of alkyl halides is 2. The Hall–Kier alpha value is -1.76. The lowest BCUT2D eigenvalue weighted by Crippen LogP contribution is -2.32. The summed E-state index contributed by atoms with van der Waals surface area (Å²) in [5.74, 6) is -1.96. The van der Waals surface area contributed by atoms with Crippen molar-refractivity contribution in [2.75, 3.05) is 6.54 Å². The number of ether oxygens (including phenoxy) is 1. The molecule has 0 heterocycles. The zero-order chi connectivity index (χ0) is 15.4. The number of hydrogen-bond acceptors (Lipinski definition) is 3. The van der Waals surface area contributed by atoms with Crippen molar-refractivity contribution in [3.8, 4) is 5.75 Å². The average Bonchev–Trinajstić information content (AvgIpc) is 2.81. The van der Waals surface area contributed by atoms with Crippen LogP contribution >= 0.6 is 0 Å². The van der Waals surface area contributed by atoms with E-state index >= 15 is 0 Å². The number of aliphatic hydroxyl groups excluding tert-OH is 1. The predicted octanol–water partition coefficient (Wildman–Crippen LogP) is 2.32. The van der Waals surface area contributed by atoms with Crippen LogP contribution < -0.4 is 10.1 Å². The molecule has 21 heavy (non-hydrogen) atoms. The zero-order valence-corrected chi connectivity index (χ0v) is 11.2. The van der Waals surface area contributed by atoms with Gasteiger partial charge in [-0.3, -0.25) is 4.79 Å². The molecule has 2 atom stereocenters. The number of amides is 1. The number of hydrogen-bond donors (Lipinski definition) is 2. The first-order valence-electron chi connectivity index (χ1n) is 6.68. The van der Waals surface area contributed by atoms with Gasteiger partial charge in [0.2, 0.25) is 0 Å². The van der Waals surface area contributed by atoms with Crippen LogP contribution in [0.1, 0.15) is 29.6 Å². The molecule has 2 N–H and O–H groups in total. The van der Waals surface area contributed by atoms with Gasteiger partial charge >= 0.3 is 6.61 Å². The lowest BCUT2D eigenvalue weighted by molar-refractivity contribution is -0.0503. The lowest BCUT2D eigenvalue weighted by atomic mass is 10.1. The third-order valence-corrected chi connectivity index (χ3v) is 3.55. The summed E-state index contributed by atoms with van der Waals surface area (Å²) in [6.07, 6.45) is 1.91. The Labute approximate surface area is 119 Å². The number of nitrogens with one attached hydrogen (secondary N) is 1. The first kappa shape index (κ1) is 15.6. The Kier molecular flexibility index (Phi) is 5.06. The molecule has 4 nitrogen and oxygen atoms in total.